The van der Waals surface area contributed by atoms with Gasteiger partial charge in [-0.25, -0.2) is 9.59 Å². The van der Waals surface area contributed by atoms with Crippen molar-refractivity contribution in [2.24, 2.45) is 0 Å². The summed E-state index contributed by atoms with van der Waals surface area (Å²) in [5.41, 5.74) is 0.697. The first-order valence-corrected chi connectivity index (χ1v) is 6.22. The maximum absolute atomic E-state index is 11.7. The van der Waals surface area contributed by atoms with Crippen LogP contribution in [0.5, 0.6) is 0 Å². The van der Waals surface area contributed by atoms with Crippen molar-refractivity contribution in [2.75, 3.05) is 5.32 Å². The van der Waals surface area contributed by atoms with E-state index in [4.69, 9.17) is 5.11 Å². The van der Waals surface area contributed by atoms with Crippen molar-refractivity contribution >= 4 is 29.5 Å². The van der Waals surface area contributed by atoms with Gasteiger partial charge in [0, 0.05) is 5.69 Å². The monoisotopic (exact) mass is 291 g/mol. The Morgan fingerprint density at radius 2 is 1.90 bits per heavy atom. The Hall–Kier alpha value is -2.90. The van der Waals surface area contributed by atoms with Crippen LogP contribution >= 0.6 is 0 Å². The number of benzene rings is 1. The van der Waals surface area contributed by atoms with E-state index < -0.39 is 29.9 Å². The molecule has 1 unspecified atom stereocenters. The summed E-state index contributed by atoms with van der Waals surface area (Å²) in [6.45, 7) is 1.63. The number of fused-ring (bicyclic) bond motifs is 1. The fraction of sp³-hybridized carbons (Fsp3) is 0.231. The molecule has 4 N–H and O–H groups in total. The second kappa shape index (κ2) is 5.61. The van der Waals surface area contributed by atoms with E-state index in [0.29, 0.717) is 0 Å². The molecule has 1 aromatic rings. The van der Waals surface area contributed by atoms with Crippen molar-refractivity contribution in [2.45, 2.75) is 19.4 Å². The van der Waals surface area contributed by atoms with Gasteiger partial charge in [0.1, 0.15) is 6.04 Å². The third-order valence-electron chi connectivity index (χ3n) is 3.01. The summed E-state index contributed by atoms with van der Waals surface area (Å²) in [5, 5.41) is 15.7. The fourth-order valence-corrected chi connectivity index (χ4v) is 1.91. The van der Waals surface area contributed by atoms with Crippen LogP contribution in [0, 0.1) is 0 Å². The van der Waals surface area contributed by atoms with Crippen LogP contribution in [-0.4, -0.2) is 35.0 Å². The molecule has 4 amide bonds. The average molecular weight is 291 g/mol. The molecule has 21 heavy (non-hydrogen) atoms. The van der Waals surface area contributed by atoms with Crippen molar-refractivity contribution in [3.63, 3.8) is 0 Å². The first kappa shape index (κ1) is 14.5. The van der Waals surface area contributed by atoms with Gasteiger partial charge in [0.25, 0.3) is 11.8 Å². The number of anilines is 1. The van der Waals surface area contributed by atoms with E-state index in [2.05, 4.69) is 16.0 Å². The maximum atomic E-state index is 11.7. The number of carbonyl (C=O) groups is 4. The van der Waals surface area contributed by atoms with E-state index in [-0.39, 0.29) is 23.2 Å². The summed E-state index contributed by atoms with van der Waals surface area (Å²) >= 11 is 0. The second-order valence-electron chi connectivity index (χ2n) is 4.44. The SMILES string of the molecule is CCC(NC(=O)Nc1ccc2c(c1)C(=O)NC2=O)C(=O)O. The van der Waals surface area contributed by atoms with Crippen LogP contribution < -0.4 is 16.0 Å². The molecule has 8 heteroatoms. The molecule has 1 aliphatic rings. The van der Waals surface area contributed by atoms with E-state index >= 15 is 0 Å². The quantitative estimate of drug-likeness (QED) is 0.603. The lowest BCUT2D eigenvalue weighted by Crippen LogP contribution is -2.42. The average Bonchev–Trinajstić information content (AvgIpc) is 2.70. The van der Waals surface area contributed by atoms with Crippen molar-refractivity contribution in [3.8, 4) is 0 Å². The minimum absolute atomic E-state index is 0.170. The van der Waals surface area contributed by atoms with Gasteiger partial charge in [-0.2, -0.15) is 0 Å². The van der Waals surface area contributed by atoms with Crippen LogP contribution in [0.25, 0.3) is 0 Å². The van der Waals surface area contributed by atoms with E-state index in [0.717, 1.165) is 0 Å². The van der Waals surface area contributed by atoms with Crippen LogP contribution in [0.4, 0.5) is 10.5 Å². The number of nitrogens with one attached hydrogen (secondary N) is 3. The molecule has 0 spiro atoms. The molecule has 0 saturated heterocycles. The first-order valence-electron chi connectivity index (χ1n) is 6.22. The number of hydrogen-bond acceptors (Lipinski definition) is 4. The largest absolute Gasteiger partial charge is 0.480 e. The number of carbonyl (C=O) groups excluding carboxylic acids is 3. The number of carboxylic acid groups (broad SMARTS) is 1. The zero-order chi connectivity index (χ0) is 15.6. The maximum Gasteiger partial charge on any atom is 0.326 e. The lowest BCUT2D eigenvalue weighted by Gasteiger charge is -2.13. The molecule has 8 nitrogen and oxygen atoms in total. The molecule has 0 aromatic heterocycles. The summed E-state index contributed by atoms with van der Waals surface area (Å²) in [6.07, 6.45) is 0.240. The lowest BCUT2D eigenvalue weighted by molar-refractivity contribution is -0.139. The van der Waals surface area contributed by atoms with Crippen molar-refractivity contribution in [1.82, 2.24) is 10.6 Å². The number of imide groups is 1. The van der Waals surface area contributed by atoms with Gasteiger partial charge in [-0.15, -0.1) is 0 Å². The molecule has 1 heterocycles. The highest BCUT2D eigenvalue weighted by molar-refractivity contribution is 6.22. The topological polar surface area (TPSA) is 125 Å². The summed E-state index contributed by atoms with van der Waals surface area (Å²) in [7, 11) is 0. The number of carboxylic acids is 1. The number of rotatable bonds is 4. The zero-order valence-corrected chi connectivity index (χ0v) is 11.1. The molecule has 110 valence electrons. The van der Waals surface area contributed by atoms with Gasteiger partial charge in [0.2, 0.25) is 0 Å². The van der Waals surface area contributed by atoms with Crippen LogP contribution in [0.2, 0.25) is 0 Å². The van der Waals surface area contributed by atoms with Crippen molar-refractivity contribution in [3.05, 3.63) is 29.3 Å². The highest BCUT2D eigenvalue weighted by Gasteiger charge is 2.27. The van der Waals surface area contributed by atoms with Crippen molar-refractivity contribution in [1.29, 1.82) is 0 Å². The Labute approximate surface area is 119 Å². The highest BCUT2D eigenvalue weighted by atomic mass is 16.4. The van der Waals surface area contributed by atoms with Gasteiger partial charge in [-0.05, 0) is 24.6 Å². The first-order chi connectivity index (χ1) is 9.92. The smallest absolute Gasteiger partial charge is 0.326 e. The van der Waals surface area contributed by atoms with Gasteiger partial charge in [0.05, 0.1) is 11.1 Å². The van der Waals surface area contributed by atoms with Gasteiger partial charge in [-0.1, -0.05) is 6.92 Å². The molecular formula is C13H13N3O5. The standard InChI is InChI=1S/C13H13N3O5/c1-2-9(12(19)20)15-13(21)14-6-3-4-7-8(5-6)11(18)16-10(7)17/h3-5,9H,2H2,1H3,(H,19,20)(H2,14,15,21)(H,16,17,18). The molecule has 1 aliphatic heterocycles. The summed E-state index contributed by atoms with van der Waals surface area (Å²) in [5.74, 6) is -2.15. The van der Waals surface area contributed by atoms with Crippen LogP contribution in [0.3, 0.4) is 0 Å². The Morgan fingerprint density at radius 1 is 1.24 bits per heavy atom. The molecule has 2 rings (SSSR count). The number of urea groups is 1. The fourth-order valence-electron chi connectivity index (χ4n) is 1.91. The third-order valence-corrected chi connectivity index (χ3v) is 3.01. The molecule has 0 bridgehead atoms. The predicted molar refractivity (Wildman–Crippen MR) is 72.1 cm³/mol. The van der Waals surface area contributed by atoms with Gasteiger partial charge >= 0.3 is 12.0 Å². The van der Waals surface area contributed by atoms with E-state index in [9.17, 15) is 19.2 Å². The Balaban J connectivity index is 2.09. The number of amides is 4. The van der Waals surface area contributed by atoms with E-state index in [1.54, 1.807) is 6.92 Å². The summed E-state index contributed by atoms with van der Waals surface area (Å²) in [6, 6.07) is 2.53. The number of aliphatic carboxylic acids is 1. The van der Waals surface area contributed by atoms with Crippen LogP contribution in [0.1, 0.15) is 34.1 Å². The molecule has 0 radical (unpaired) electrons. The lowest BCUT2D eigenvalue weighted by atomic mass is 10.1. The van der Waals surface area contributed by atoms with E-state index in [1.165, 1.54) is 18.2 Å². The van der Waals surface area contributed by atoms with Crippen LogP contribution in [0.15, 0.2) is 18.2 Å². The summed E-state index contributed by atoms with van der Waals surface area (Å²) < 4.78 is 0. The van der Waals surface area contributed by atoms with Gasteiger partial charge in [0.15, 0.2) is 0 Å². The molecular weight excluding hydrogens is 278 g/mol. The van der Waals surface area contributed by atoms with Gasteiger partial charge < -0.3 is 15.7 Å². The third kappa shape index (κ3) is 2.99. The summed E-state index contributed by atoms with van der Waals surface area (Å²) in [4.78, 5) is 45.4. The molecule has 1 aromatic carbocycles. The van der Waals surface area contributed by atoms with Gasteiger partial charge in [-0.3, -0.25) is 14.9 Å². The van der Waals surface area contributed by atoms with Crippen LogP contribution in [-0.2, 0) is 4.79 Å². The zero-order valence-electron chi connectivity index (χ0n) is 11.1. The van der Waals surface area contributed by atoms with Crippen molar-refractivity contribution < 1.29 is 24.3 Å². The second-order valence-corrected chi connectivity index (χ2v) is 4.44. The highest BCUT2D eigenvalue weighted by Crippen LogP contribution is 2.20. The Bertz CT molecular complexity index is 641. The minimum atomic E-state index is -1.13. The molecule has 0 saturated carbocycles. The Morgan fingerprint density at radius 3 is 2.52 bits per heavy atom. The number of hydrogen-bond donors (Lipinski definition) is 4. The van der Waals surface area contributed by atoms with E-state index in [1.807, 2.05) is 0 Å². The predicted octanol–water partition coefficient (Wildman–Crippen LogP) is 0.555. The molecule has 1 atom stereocenters. The Kier molecular flexibility index (Phi) is 3.88. The normalized spacial score (nSPS) is 14.1. The molecule has 0 aliphatic carbocycles. The minimum Gasteiger partial charge on any atom is -0.480 e. The molecule has 0 fully saturated rings.